The quantitative estimate of drug-likeness (QED) is 0.185. The van der Waals surface area contributed by atoms with E-state index >= 15 is 0 Å². The van der Waals surface area contributed by atoms with Gasteiger partial charge < -0.3 is 19.5 Å². The molecule has 3 aromatic carbocycles. The Hall–Kier alpha value is -3.97. The van der Waals surface area contributed by atoms with Gasteiger partial charge in [-0.15, -0.1) is 10.2 Å². The van der Waals surface area contributed by atoms with E-state index in [9.17, 15) is 10.1 Å². The van der Waals surface area contributed by atoms with Crippen molar-refractivity contribution in [2.24, 2.45) is 0 Å². The molecule has 1 aromatic heterocycles. The second kappa shape index (κ2) is 12.5. The van der Waals surface area contributed by atoms with E-state index in [1.807, 2.05) is 50.2 Å². The molecule has 4 rings (SSSR count). The lowest BCUT2D eigenvalue weighted by Gasteiger charge is -2.40. The Kier molecular flexibility index (Phi) is 9.21. The zero-order valence-electron chi connectivity index (χ0n) is 24.9. The van der Waals surface area contributed by atoms with Gasteiger partial charge in [0, 0.05) is 22.5 Å². The molecule has 0 aliphatic carbocycles. The highest BCUT2D eigenvalue weighted by molar-refractivity contribution is 6.74. The molecule has 0 bridgehead atoms. The molecule has 0 saturated heterocycles. The number of nitrogens with one attached hydrogen (secondary N) is 2. The predicted octanol–water partition coefficient (Wildman–Crippen LogP) is 8.39. The first kappa shape index (κ1) is 31.0. The van der Waals surface area contributed by atoms with Gasteiger partial charge in [-0.25, -0.2) is 0 Å². The normalized spacial score (nSPS) is 13.2. The number of nitrogens with zero attached hydrogens (tertiary/aromatic N) is 3. The maximum atomic E-state index is 12.5. The molecular formula is C32H36ClN5O3Si. The van der Waals surface area contributed by atoms with Crippen molar-refractivity contribution in [3.8, 4) is 17.5 Å². The molecule has 0 aliphatic rings. The van der Waals surface area contributed by atoms with Crippen LogP contribution >= 0.6 is 11.6 Å². The number of amides is 1. The topological polar surface area (TPSA) is 113 Å². The predicted molar refractivity (Wildman–Crippen MR) is 169 cm³/mol. The molecule has 1 heterocycles. The minimum Gasteiger partial charge on any atom is -0.418 e. The monoisotopic (exact) mass is 601 g/mol. The number of anilines is 2. The maximum absolute atomic E-state index is 12.5. The summed E-state index contributed by atoms with van der Waals surface area (Å²) in [4.78, 5) is 12.5. The van der Waals surface area contributed by atoms with Gasteiger partial charge in [0.2, 0.25) is 11.8 Å². The fraction of sp³-hybridized carbons (Fsp3) is 0.312. The number of benzene rings is 3. The Morgan fingerprint density at radius 2 is 1.71 bits per heavy atom. The zero-order chi connectivity index (χ0) is 30.7. The van der Waals surface area contributed by atoms with Crippen molar-refractivity contribution in [2.75, 3.05) is 10.6 Å². The van der Waals surface area contributed by atoms with Crippen LogP contribution < -0.4 is 10.6 Å². The average molecular weight is 602 g/mol. The Morgan fingerprint density at radius 3 is 2.33 bits per heavy atom. The van der Waals surface area contributed by atoms with Crippen molar-refractivity contribution in [3.05, 3.63) is 94.3 Å². The van der Waals surface area contributed by atoms with E-state index < -0.39 is 14.4 Å². The Morgan fingerprint density at radius 1 is 1.05 bits per heavy atom. The molecule has 1 amide bonds. The Labute approximate surface area is 253 Å². The second-order valence-electron chi connectivity index (χ2n) is 11.8. The van der Waals surface area contributed by atoms with Gasteiger partial charge in [0.15, 0.2) is 8.32 Å². The van der Waals surface area contributed by atoms with Gasteiger partial charge in [0.25, 0.3) is 5.91 Å². The van der Waals surface area contributed by atoms with Crippen LogP contribution in [-0.4, -0.2) is 30.5 Å². The molecule has 4 aromatic rings. The number of carbonyl (C=O) groups excluding carboxylic acids is 1. The molecule has 0 spiro atoms. The maximum Gasteiger partial charge on any atom is 0.255 e. The largest absolute Gasteiger partial charge is 0.418 e. The average Bonchev–Trinajstić information content (AvgIpc) is 3.43. The molecule has 2 N–H and O–H groups in total. The molecule has 0 aliphatic heterocycles. The SMILES string of the molecule is Cc1c(N[C@@H](c2nnc(-c3ccc(NC(=O)c4ccccc4)cc3)o2)[C@H](C)O[Si](C)(C)C(C)(C)C)ccc(C#N)c1Cl. The smallest absolute Gasteiger partial charge is 0.255 e. The van der Waals surface area contributed by atoms with E-state index in [4.69, 9.17) is 20.4 Å². The van der Waals surface area contributed by atoms with Gasteiger partial charge in [0.05, 0.1) is 16.7 Å². The molecule has 10 heteroatoms. The summed E-state index contributed by atoms with van der Waals surface area (Å²) in [6.45, 7) is 14.8. The third kappa shape index (κ3) is 6.90. The van der Waals surface area contributed by atoms with Crippen LogP contribution in [0, 0.1) is 18.3 Å². The van der Waals surface area contributed by atoms with Crippen molar-refractivity contribution in [2.45, 2.75) is 64.9 Å². The fourth-order valence-corrected chi connectivity index (χ4v) is 5.78. The van der Waals surface area contributed by atoms with Crippen LogP contribution in [0.5, 0.6) is 0 Å². The van der Waals surface area contributed by atoms with Crippen LogP contribution in [0.3, 0.4) is 0 Å². The summed E-state index contributed by atoms with van der Waals surface area (Å²) < 4.78 is 12.9. The first-order valence-corrected chi connectivity index (χ1v) is 17.0. The summed E-state index contributed by atoms with van der Waals surface area (Å²) in [5.41, 5.74) is 3.83. The standard InChI is InChI=1S/C32H36ClN5O3Si/c1-20-26(18-15-24(19-34)27(20)33)36-28(21(2)41-42(6,7)32(3,4)5)31-38-37-30(40-31)23-13-16-25(17-14-23)35-29(39)22-11-9-8-10-12-22/h8-18,21,28,36H,1-7H3,(H,35,39)/t21-,28+/m0/s1. The highest BCUT2D eigenvalue weighted by Gasteiger charge is 2.41. The lowest BCUT2D eigenvalue weighted by Crippen LogP contribution is -2.45. The number of aromatic nitrogens is 2. The minimum absolute atomic E-state index is 0.00282. The van der Waals surface area contributed by atoms with E-state index in [1.54, 1.807) is 30.3 Å². The highest BCUT2D eigenvalue weighted by atomic mass is 35.5. The van der Waals surface area contributed by atoms with Gasteiger partial charge in [-0.3, -0.25) is 4.79 Å². The van der Waals surface area contributed by atoms with E-state index in [0.717, 1.165) is 11.3 Å². The number of halogens is 1. The van der Waals surface area contributed by atoms with E-state index in [-0.39, 0.29) is 17.0 Å². The summed E-state index contributed by atoms with van der Waals surface area (Å²) in [5.74, 6) is 0.510. The first-order chi connectivity index (χ1) is 19.8. The van der Waals surface area contributed by atoms with Crippen molar-refractivity contribution in [1.29, 1.82) is 5.26 Å². The molecule has 8 nitrogen and oxygen atoms in total. The van der Waals surface area contributed by atoms with Crippen molar-refractivity contribution in [1.82, 2.24) is 10.2 Å². The van der Waals surface area contributed by atoms with Crippen molar-refractivity contribution < 1.29 is 13.6 Å². The van der Waals surface area contributed by atoms with Crippen LogP contribution in [-0.2, 0) is 4.43 Å². The van der Waals surface area contributed by atoms with Crippen LogP contribution in [0.15, 0.2) is 71.1 Å². The van der Waals surface area contributed by atoms with Crippen LogP contribution in [0.2, 0.25) is 23.2 Å². The Balaban J connectivity index is 1.61. The summed E-state index contributed by atoms with van der Waals surface area (Å²) in [5, 5.41) is 24.9. The van der Waals surface area contributed by atoms with Crippen LogP contribution in [0.1, 0.15) is 61.1 Å². The van der Waals surface area contributed by atoms with Gasteiger partial charge in [-0.2, -0.15) is 5.26 Å². The fourth-order valence-electron chi connectivity index (χ4n) is 4.15. The van der Waals surface area contributed by atoms with Gasteiger partial charge in [-0.1, -0.05) is 50.6 Å². The summed E-state index contributed by atoms with van der Waals surface area (Å²) in [6.07, 6.45) is -0.330. The van der Waals surface area contributed by atoms with Crippen LogP contribution in [0.4, 0.5) is 11.4 Å². The molecule has 42 heavy (non-hydrogen) atoms. The van der Waals surface area contributed by atoms with Crippen molar-refractivity contribution in [3.63, 3.8) is 0 Å². The molecule has 0 fully saturated rings. The van der Waals surface area contributed by atoms with Crippen LogP contribution in [0.25, 0.3) is 11.5 Å². The molecule has 0 radical (unpaired) electrons. The Bertz CT molecular complexity index is 1590. The number of hydrogen-bond donors (Lipinski definition) is 2. The van der Waals surface area contributed by atoms with Crippen molar-refractivity contribution >= 4 is 37.2 Å². The van der Waals surface area contributed by atoms with E-state index in [0.29, 0.717) is 39.2 Å². The summed E-state index contributed by atoms with van der Waals surface area (Å²) in [7, 11) is -2.16. The molecule has 0 saturated carbocycles. The molecular weight excluding hydrogens is 566 g/mol. The zero-order valence-corrected chi connectivity index (χ0v) is 26.7. The second-order valence-corrected chi connectivity index (χ2v) is 16.9. The lowest BCUT2D eigenvalue weighted by molar-refractivity contribution is 0.102. The number of carbonyl (C=O) groups is 1. The van der Waals surface area contributed by atoms with E-state index in [2.05, 4.69) is 60.8 Å². The third-order valence-electron chi connectivity index (χ3n) is 7.71. The summed E-state index contributed by atoms with van der Waals surface area (Å²) >= 11 is 6.47. The number of nitriles is 1. The van der Waals surface area contributed by atoms with E-state index in [1.165, 1.54) is 0 Å². The number of hydrogen-bond acceptors (Lipinski definition) is 7. The molecule has 2 atom stereocenters. The first-order valence-electron chi connectivity index (χ1n) is 13.7. The lowest BCUT2D eigenvalue weighted by atomic mass is 10.1. The van der Waals surface area contributed by atoms with Gasteiger partial charge in [0.1, 0.15) is 12.1 Å². The van der Waals surface area contributed by atoms with Gasteiger partial charge >= 0.3 is 0 Å². The summed E-state index contributed by atoms with van der Waals surface area (Å²) in [6, 6.07) is 21.4. The highest BCUT2D eigenvalue weighted by Crippen LogP contribution is 2.40. The molecule has 0 unspecified atom stereocenters. The molecule has 218 valence electrons. The third-order valence-corrected chi connectivity index (χ3v) is 12.8. The number of rotatable bonds is 9. The minimum atomic E-state index is -2.16. The van der Waals surface area contributed by atoms with Gasteiger partial charge in [-0.05, 0) is 86.1 Å².